The monoisotopic (exact) mass is 308 g/mol. The van der Waals surface area contributed by atoms with E-state index in [9.17, 15) is 9.90 Å². The van der Waals surface area contributed by atoms with E-state index in [2.05, 4.69) is 15.3 Å². The van der Waals surface area contributed by atoms with Gasteiger partial charge < -0.3 is 15.3 Å². The van der Waals surface area contributed by atoms with E-state index < -0.39 is 6.10 Å². The van der Waals surface area contributed by atoms with Crippen LogP contribution in [-0.2, 0) is 11.3 Å². The van der Waals surface area contributed by atoms with Gasteiger partial charge in [0, 0.05) is 12.7 Å². The molecule has 1 aromatic heterocycles. The molecule has 0 aromatic carbocycles. The van der Waals surface area contributed by atoms with Crippen molar-refractivity contribution in [1.29, 1.82) is 0 Å². The van der Waals surface area contributed by atoms with Crippen molar-refractivity contribution in [3.63, 3.8) is 0 Å². The molecule has 1 aliphatic heterocycles. The molecular formula is C16H28N4O2. The predicted octanol–water partition coefficient (Wildman–Crippen LogP) is 1.71. The molecule has 1 fully saturated rings. The van der Waals surface area contributed by atoms with Crippen LogP contribution in [0, 0.1) is 5.92 Å². The van der Waals surface area contributed by atoms with Crippen LogP contribution >= 0.6 is 0 Å². The van der Waals surface area contributed by atoms with E-state index in [0.29, 0.717) is 5.69 Å². The first-order valence-electron chi connectivity index (χ1n) is 8.27. The molecule has 0 spiro atoms. The summed E-state index contributed by atoms with van der Waals surface area (Å²) < 4.78 is 1.86. The fourth-order valence-electron chi connectivity index (χ4n) is 2.61. The largest absolute Gasteiger partial charge is 0.392 e. The third-order valence-corrected chi connectivity index (χ3v) is 4.18. The lowest BCUT2D eigenvalue weighted by Gasteiger charge is -2.26. The first kappa shape index (κ1) is 17.0. The number of likely N-dealkylation sites (tertiary alicyclic amines) is 1. The fraction of sp³-hybridized carbons (Fsp3) is 0.750. The summed E-state index contributed by atoms with van der Waals surface area (Å²) in [4.78, 5) is 14.3. The molecule has 1 aliphatic rings. The Morgan fingerprint density at radius 2 is 2.05 bits per heavy atom. The van der Waals surface area contributed by atoms with Crippen molar-refractivity contribution < 1.29 is 9.90 Å². The number of amides is 1. The zero-order valence-corrected chi connectivity index (χ0v) is 13.7. The first-order valence-corrected chi connectivity index (χ1v) is 8.27. The number of hydrogen-bond acceptors (Lipinski definition) is 4. The highest BCUT2D eigenvalue weighted by atomic mass is 16.3. The van der Waals surface area contributed by atoms with Crippen LogP contribution in [0.1, 0.15) is 39.5 Å². The maximum atomic E-state index is 11.8. The van der Waals surface area contributed by atoms with Crippen molar-refractivity contribution in [3.05, 3.63) is 12.4 Å². The van der Waals surface area contributed by atoms with Gasteiger partial charge in [-0.05, 0) is 31.8 Å². The van der Waals surface area contributed by atoms with Gasteiger partial charge in [0.25, 0.3) is 0 Å². The zero-order chi connectivity index (χ0) is 15.9. The van der Waals surface area contributed by atoms with Crippen molar-refractivity contribution in [3.8, 4) is 0 Å². The molecule has 6 nitrogen and oxygen atoms in total. The van der Waals surface area contributed by atoms with Gasteiger partial charge in [0.15, 0.2) is 0 Å². The smallest absolute Gasteiger partial charge is 0.227 e. The van der Waals surface area contributed by atoms with Gasteiger partial charge in [-0.15, -0.1) is 0 Å². The van der Waals surface area contributed by atoms with E-state index in [0.717, 1.165) is 13.1 Å². The highest BCUT2D eigenvalue weighted by molar-refractivity contribution is 5.90. The quantitative estimate of drug-likeness (QED) is 0.804. The minimum Gasteiger partial charge on any atom is -0.392 e. The molecule has 2 heterocycles. The lowest BCUT2D eigenvalue weighted by Crippen LogP contribution is -2.32. The summed E-state index contributed by atoms with van der Waals surface area (Å²) in [5.41, 5.74) is 0.694. The highest BCUT2D eigenvalue weighted by Gasteiger charge is 2.15. The molecule has 1 saturated heterocycles. The summed E-state index contributed by atoms with van der Waals surface area (Å²) in [5.74, 6) is -0.0882. The number of carbonyl (C=O) groups is 1. The number of carbonyl (C=O) groups excluding carboxylic acids is 1. The van der Waals surface area contributed by atoms with Crippen molar-refractivity contribution >= 4 is 11.6 Å². The number of hydrogen-bond donors (Lipinski definition) is 2. The minimum atomic E-state index is -0.603. The van der Waals surface area contributed by atoms with Crippen LogP contribution in [0.3, 0.4) is 0 Å². The van der Waals surface area contributed by atoms with Gasteiger partial charge in [-0.25, -0.2) is 0 Å². The maximum absolute atomic E-state index is 11.8. The van der Waals surface area contributed by atoms with Crippen molar-refractivity contribution in [2.45, 2.75) is 52.2 Å². The second-order valence-electron chi connectivity index (χ2n) is 6.46. The SMILES string of the molecule is CC(C)C(O)CC(=O)Nc1cnn(CCN2CCCCC2)c1. The third kappa shape index (κ3) is 5.42. The number of piperidine rings is 1. The van der Waals surface area contributed by atoms with Gasteiger partial charge in [-0.1, -0.05) is 20.3 Å². The van der Waals surface area contributed by atoms with Crippen LogP contribution in [0.25, 0.3) is 0 Å². The third-order valence-electron chi connectivity index (χ3n) is 4.18. The summed E-state index contributed by atoms with van der Waals surface area (Å²) in [6.45, 7) is 7.99. The molecular weight excluding hydrogens is 280 g/mol. The minimum absolute atomic E-state index is 0.0815. The van der Waals surface area contributed by atoms with Gasteiger partial charge in [0.2, 0.25) is 5.91 Å². The number of rotatable bonds is 7. The molecule has 0 aliphatic carbocycles. The van der Waals surface area contributed by atoms with Crippen LogP contribution in [0.5, 0.6) is 0 Å². The second-order valence-corrected chi connectivity index (χ2v) is 6.46. The Balaban J connectivity index is 1.74. The molecule has 124 valence electrons. The van der Waals surface area contributed by atoms with E-state index in [-0.39, 0.29) is 18.2 Å². The fourth-order valence-corrected chi connectivity index (χ4v) is 2.61. The van der Waals surface area contributed by atoms with E-state index in [4.69, 9.17) is 0 Å². The average molecular weight is 308 g/mol. The average Bonchev–Trinajstić information content (AvgIpc) is 2.93. The number of nitrogens with zero attached hydrogens (tertiary/aromatic N) is 3. The number of nitrogens with one attached hydrogen (secondary N) is 1. The molecule has 0 bridgehead atoms. The molecule has 1 unspecified atom stereocenters. The van der Waals surface area contributed by atoms with E-state index >= 15 is 0 Å². The first-order chi connectivity index (χ1) is 10.5. The van der Waals surface area contributed by atoms with Crippen LogP contribution in [0.15, 0.2) is 12.4 Å². The van der Waals surface area contributed by atoms with E-state index in [1.807, 2.05) is 24.7 Å². The summed E-state index contributed by atoms with van der Waals surface area (Å²) in [6, 6.07) is 0. The molecule has 1 aromatic rings. The molecule has 2 rings (SSSR count). The summed E-state index contributed by atoms with van der Waals surface area (Å²) in [6.07, 6.45) is 6.96. The molecule has 2 N–H and O–H groups in total. The van der Waals surface area contributed by atoms with Crippen LogP contribution < -0.4 is 5.32 Å². The molecule has 0 saturated carbocycles. The van der Waals surface area contributed by atoms with Crippen molar-refractivity contribution in [2.24, 2.45) is 5.92 Å². The van der Waals surface area contributed by atoms with Crippen LogP contribution in [-0.4, -0.2) is 51.4 Å². The van der Waals surface area contributed by atoms with Crippen LogP contribution in [0.4, 0.5) is 5.69 Å². The van der Waals surface area contributed by atoms with Gasteiger partial charge in [0.1, 0.15) is 0 Å². The Labute approximate surface area is 132 Å². The van der Waals surface area contributed by atoms with Crippen molar-refractivity contribution in [1.82, 2.24) is 14.7 Å². The Morgan fingerprint density at radius 1 is 1.32 bits per heavy atom. The lowest BCUT2D eigenvalue weighted by molar-refractivity contribution is -0.118. The maximum Gasteiger partial charge on any atom is 0.227 e. The lowest BCUT2D eigenvalue weighted by atomic mass is 10.0. The number of anilines is 1. The Hall–Kier alpha value is -1.40. The molecule has 1 atom stereocenters. The summed E-state index contributed by atoms with van der Waals surface area (Å²) in [5, 5.41) is 16.8. The second kappa shape index (κ2) is 8.29. The number of aliphatic hydroxyl groups is 1. The topological polar surface area (TPSA) is 70.4 Å². The zero-order valence-electron chi connectivity index (χ0n) is 13.7. The Bertz CT molecular complexity index is 466. The molecule has 6 heteroatoms. The summed E-state index contributed by atoms with van der Waals surface area (Å²) in [7, 11) is 0. The van der Waals surface area contributed by atoms with Gasteiger partial charge in [0.05, 0.1) is 31.0 Å². The Morgan fingerprint density at radius 3 is 2.73 bits per heavy atom. The molecule has 22 heavy (non-hydrogen) atoms. The van der Waals surface area contributed by atoms with Crippen LogP contribution in [0.2, 0.25) is 0 Å². The molecule has 1 amide bonds. The number of aromatic nitrogens is 2. The van der Waals surface area contributed by atoms with Crippen molar-refractivity contribution in [2.75, 3.05) is 25.0 Å². The van der Waals surface area contributed by atoms with Gasteiger partial charge in [-0.3, -0.25) is 9.48 Å². The molecule has 0 radical (unpaired) electrons. The summed E-state index contributed by atoms with van der Waals surface area (Å²) >= 11 is 0. The normalized spacial score (nSPS) is 17.6. The van der Waals surface area contributed by atoms with Gasteiger partial charge >= 0.3 is 0 Å². The van der Waals surface area contributed by atoms with E-state index in [1.54, 1.807) is 6.20 Å². The van der Waals surface area contributed by atoms with Gasteiger partial charge in [-0.2, -0.15) is 5.10 Å². The Kier molecular flexibility index (Phi) is 6.39. The van der Waals surface area contributed by atoms with E-state index in [1.165, 1.54) is 32.4 Å². The predicted molar refractivity (Wildman–Crippen MR) is 86.6 cm³/mol. The standard InChI is InChI=1S/C16H28N4O2/c1-13(2)15(21)10-16(22)18-14-11-17-20(12-14)9-8-19-6-4-3-5-7-19/h11-13,15,21H,3-10H2,1-2H3,(H,18,22). The number of aliphatic hydroxyl groups excluding tert-OH is 1. The highest BCUT2D eigenvalue weighted by Crippen LogP contribution is 2.11.